The Labute approximate surface area is 680 Å². The fourth-order valence-electron chi connectivity index (χ4n) is 9.86. The number of benzene rings is 6. The number of aryl methyl sites for hydroxylation is 2. The number of nitro benzene ring substituents is 1. The summed E-state index contributed by atoms with van der Waals surface area (Å²) in [6.45, 7) is 4.48. The number of azo groups is 4. The van der Waals surface area contributed by atoms with E-state index in [1.165, 1.54) is 59.9 Å². The number of nitriles is 1. The summed E-state index contributed by atoms with van der Waals surface area (Å²) in [5, 5.41) is 75.1. The van der Waals surface area contributed by atoms with Gasteiger partial charge in [0.25, 0.3) is 66.4 Å². The van der Waals surface area contributed by atoms with Crippen molar-refractivity contribution >= 4 is 208 Å². The highest BCUT2D eigenvalue weighted by atomic mass is 32.2. The Kier molecular flexibility index (Phi) is 32.9. The topological polar surface area (TPSA) is 704 Å². The van der Waals surface area contributed by atoms with E-state index in [2.05, 4.69) is 77.6 Å². The van der Waals surface area contributed by atoms with Gasteiger partial charge in [-0.3, -0.25) is 41.8 Å². The summed E-state index contributed by atoms with van der Waals surface area (Å²) in [6, 6.07) is 24.6. The molecule has 45 nitrogen and oxygen atoms in total. The van der Waals surface area contributed by atoms with Crippen molar-refractivity contribution in [3.8, 4) is 17.7 Å². The van der Waals surface area contributed by atoms with E-state index in [0.717, 1.165) is 59.6 Å². The van der Waals surface area contributed by atoms with Gasteiger partial charge in [-0.05, 0) is 135 Å². The molecule has 0 fully saturated rings. The maximum atomic E-state index is 12.4. The fraction of sp³-hybridized carbons (Fsp3) is 0.262. The molecule has 9 rings (SSSR count). The van der Waals surface area contributed by atoms with E-state index in [-0.39, 0.29) is 162 Å². The molecule has 0 aliphatic rings. The van der Waals surface area contributed by atoms with Crippen molar-refractivity contribution in [3.05, 3.63) is 135 Å². The lowest BCUT2D eigenvalue weighted by Gasteiger charge is -2.14. The van der Waals surface area contributed by atoms with Crippen LogP contribution in [0.25, 0.3) is 16.7 Å². The number of para-hydroxylation sites is 2. The summed E-state index contributed by atoms with van der Waals surface area (Å²) in [5.74, 6) is -4.00. The number of nitrogens with one attached hydrogen (secondary N) is 2. The van der Waals surface area contributed by atoms with Gasteiger partial charge in [-0.1, -0.05) is 36.9 Å². The molecule has 0 bridgehead atoms. The van der Waals surface area contributed by atoms with Gasteiger partial charge in [-0.2, -0.15) is 80.9 Å². The maximum Gasteiger partial charge on any atom is 0.425 e. The number of nitrogens with zero attached hydrogens (tertiary/aromatic N) is 15. The van der Waals surface area contributed by atoms with Crippen LogP contribution in [0.3, 0.4) is 0 Å². The molecular formula is C61H61N17O28S11. The van der Waals surface area contributed by atoms with Gasteiger partial charge >= 0.3 is 21.2 Å². The molecule has 9 N–H and O–H groups in total. The summed E-state index contributed by atoms with van der Waals surface area (Å²) in [4.78, 5) is 27.5. The smallest absolute Gasteiger partial charge is 0.425 e. The normalized spacial score (nSPS) is 12.2. The highest BCUT2D eigenvalue weighted by Crippen LogP contribution is 2.46. The lowest BCUT2D eigenvalue weighted by atomic mass is 10.1. The van der Waals surface area contributed by atoms with Crippen LogP contribution in [-0.2, 0) is 88.3 Å². The van der Waals surface area contributed by atoms with E-state index in [1.54, 1.807) is 38.1 Å². The number of thioether (sulfide) groups is 3. The molecule has 3 aromatic heterocycles. The molecule has 9 aromatic rings. The first-order chi connectivity index (χ1) is 54.7. The predicted molar refractivity (Wildman–Crippen MR) is 421 cm³/mol. The van der Waals surface area contributed by atoms with Crippen LogP contribution in [0.15, 0.2) is 169 Å². The number of pyridine rings is 1. The minimum atomic E-state index is -5.13. The van der Waals surface area contributed by atoms with Crippen molar-refractivity contribution in [2.24, 2.45) is 40.9 Å². The molecular weight excluding hydrogens is 1770 g/mol. The monoisotopic (exact) mass is 1830 g/mol. The third-order valence-electron chi connectivity index (χ3n) is 14.8. The Morgan fingerprint density at radius 3 is 1.59 bits per heavy atom. The number of rotatable bonds is 36. The van der Waals surface area contributed by atoms with Crippen LogP contribution in [0.1, 0.15) is 54.9 Å². The van der Waals surface area contributed by atoms with Gasteiger partial charge in [0, 0.05) is 45.0 Å². The molecule has 0 aliphatic carbocycles. The second kappa shape index (κ2) is 41.1. The molecule has 0 atom stereocenters. The van der Waals surface area contributed by atoms with Crippen molar-refractivity contribution in [3.63, 3.8) is 0 Å². The number of anilines is 4. The van der Waals surface area contributed by atoms with E-state index < -0.39 is 137 Å². The second-order valence-corrected chi connectivity index (χ2v) is 36.6. The third kappa shape index (κ3) is 29.6. The van der Waals surface area contributed by atoms with Crippen LogP contribution in [0.2, 0.25) is 0 Å². The first-order valence-corrected chi connectivity index (χ1v) is 46.6. The fourth-order valence-corrected chi connectivity index (χ4v) is 16.3. The molecule has 0 amide bonds. The Morgan fingerprint density at radius 2 is 1.04 bits per heavy atom. The quantitative estimate of drug-likeness (QED) is 0.00440. The molecule has 0 unspecified atom stereocenters. The summed E-state index contributed by atoms with van der Waals surface area (Å²) >= 11 is 2.84. The number of imidazole rings is 1. The standard InChI is InChI=1S/C61H61N17O22S9.2O3S/c1-4-40-41(34-62)57-64-42-14-5-6-15-51(42)77(57)58(79)56(40)76-73-48-26-35(2)44(31-52(48)100-18-8-22-104(82,83)84)70-75-50-30-46(65-60-66-59(63-37-12-7-13-39(28-37)108(94,95)96)67-61(68-60)103-21-11-25-107(91,92)93)47(33-54(50)102-20-10-24-106(88,89)90)72-74-49-27-36(3)45(32-53(49)101-19-9-23-105(85,86)87)71-69-43-17-16-38(78(80)81)29-55(43)109(97,98)99;2*1-4(2)3/h5-7,12-17,26-33,79H,4,8-11,18-25H2,1-3H3,(H,82,83,84)(H,85,86,87)(H,88,89,90)(H,91,92,93)(H,94,95,96)(H,97,98,99)(H2,63,65,66,67,68);;. The van der Waals surface area contributed by atoms with Crippen LogP contribution in [0.5, 0.6) is 11.6 Å². The van der Waals surface area contributed by atoms with E-state index in [0.29, 0.717) is 22.7 Å². The highest BCUT2D eigenvalue weighted by Gasteiger charge is 2.26. The van der Waals surface area contributed by atoms with Crippen LogP contribution >= 0.6 is 35.3 Å². The SMILES string of the molecule is CCc1c(N=Nc2cc(C)c(N=Nc3cc(Nc4nc(Nc5cccc(S(=O)(=O)O)c5)nc(SCCCS(=O)(=O)O)n4)c(N=Nc4cc(C)c(N=Nc5ccc([N+](=O)[O-])cc5S(=O)(=O)O)cc4SCCCS(=O)(=O)O)cc3SCCCS(=O)(=O)O)cc2OCCCS(=O)(=O)O)c(O)n2c(nc3ccccc32)c1C#N.O=S(=O)=O.O=S(=O)=O. The molecule has 0 saturated heterocycles. The summed E-state index contributed by atoms with van der Waals surface area (Å²) in [6.07, 6.45) is -0.490. The molecule has 117 heavy (non-hydrogen) atoms. The van der Waals surface area contributed by atoms with E-state index in [4.69, 9.17) is 30.0 Å². The molecule has 6 aromatic carbocycles. The molecule has 624 valence electrons. The van der Waals surface area contributed by atoms with Crippen molar-refractivity contribution < 1.29 is 118 Å². The summed E-state index contributed by atoms with van der Waals surface area (Å²) < 4.78 is 260. The van der Waals surface area contributed by atoms with Crippen molar-refractivity contribution in [2.75, 3.05) is 57.5 Å². The molecule has 3 heterocycles. The van der Waals surface area contributed by atoms with Gasteiger partial charge in [-0.25, -0.2) is 4.98 Å². The summed E-state index contributed by atoms with van der Waals surface area (Å²) in [5.41, 5.74) is 0.529. The number of ether oxygens (including phenoxy) is 1. The van der Waals surface area contributed by atoms with E-state index in [9.17, 15) is 98.3 Å². The lowest BCUT2D eigenvalue weighted by molar-refractivity contribution is -0.385. The van der Waals surface area contributed by atoms with Crippen LogP contribution in [0, 0.1) is 35.3 Å². The number of aromatic nitrogens is 5. The Hall–Kier alpha value is -10.5. The predicted octanol–water partition coefficient (Wildman–Crippen LogP) is 11.7. The number of aromatic hydroxyl groups is 1. The minimum Gasteiger partial charge on any atom is -0.493 e. The number of nitro groups is 1. The molecule has 0 spiro atoms. The van der Waals surface area contributed by atoms with Gasteiger partial charge in [-0.15, -0.1) is 79.5 Å². The molecule has 0 saturated carbocycles. The third-order valence-corrected chi connectivity index (χ3v) is 23.0. The number of hydrogen-bond acceptors (Lipinski definition) is 40. The first kappa shape index (κ1) is 93.7. The molecule has 0 radical (unpaired) electrons. The largest absolute Gasteiger partial charge is 0.493 e. The van der Waals surface area contributed by atoms with Crippen LogP contribution in [0.4, 0.5) is 74.5 Å². The molecule has 0 aliphatic heterocycles. The van der Waals surface area contributed by atoms with Crippen LogP contribution < -0.4 is 15.4 Å². The number of non-ortho nitro benzene ring substituents is 1. The van der Waals surface area contributed by atoms with Crippen molar-refractivity contribution in [2.45, 2.75) is 77.6 Å². The zero-order valence-corrected chi connectivity index (χ0v) is 68.9. The Balaban J connectivity index is 0.00000226. The first-order valence-electron chi connectivity index (χ1n) is 32.4. The Bertz CT molecular complexity index is 6450. The van der Waals surface area contributed by atoms with Gasteiger partial charge < -0.3 is 20.5 Å². The zero-order valence-electron chi connectivity index (χ0n) is 59.9. The van der Waals surface area contributed by atoms with Gasteiger partial charge in [0.2, 0.25) is 17.8 Å². The zero-order chi connectivity index (χ0) is 86.5. The van der Waals surface area contributed by atoms with E-state index in [1.807, 2.05) is 0 Å². The Morgan fingerprint density at radius 1 is 0.547 bits per heavy atom. The minimum absolute atomic E-state index is 0.0101. The second-order valence-electron chi connectivity index (χ2n) is 23.4. The summed E-state index contributed by atoms with van der Waals surface area (Å²) in [7, 11) is -34.0. The van der Waals surface area contributed by atoms with Crippen molar-refractivity contribution in [1.29, 1.82) is 5.26 Å². The maximum absolute atomic E-state index is 12.4. The van der Waals surface area contributed by atoms with Gasteiger partial charge in [0.15, 0.2) is 16.5 Å². The van der Waals surface area contributed by atoms with Gasteiger partial charge in [0.05, 0.1) is 73.2 Å². The van der Waals surface area contributed by atoms with E-state index >= 15 is 0 Å². The average molecular weight is 1830 g/mol. The van der Waals surface area contributed by atoms with Crippen LogP contribution in [-0.4, -0.2) is 184 Å². The number of hydrogen-bond donors (Lipinski definition) is 9. The number of fused-ring (bicyclic) bond motifs is 3. The lowest BCUT2D eigenvalue weighted by Crippen LogP contribution is -2.08. The van der Waals surface area contributed by atoms with Crippen molar-refractivity contribution in [1.82, 2.24) is 24.3 Å². The molecule has 56 heteroatoms. The van der Waals surface area contributed by atoms with Gasteiger partial charge in [0.1, 0.15) is 45.0 Å². The highest BCUT2D eigenvalue weighted by molar-refractivity contribution is 8.00. The average Bonchev–Trinajstić information content (AvgIpc) is 1.60.